The van der Waals surface area contributed by atoms with Crippen molar-refractivity contribution in [3.63, 3.8) is 0 Å². The van der Waals surface area contributed by atoms with Crippen LogP contribution in [0.25, 0.3) is 10.8 Å². The first-order valence-electron chi connectivity index (χ1n) is 4.47. The Labute approximate surface area is 86.0 Å². The van der Waals surface area contributed by atoms with Gasteiger partial charge in [-0.1, -0.05) is 0 Å². The monoisotopic (exact) mass is 205 g/mol. The summed E-state index contributed by atoms with van der Waals surface area (Å²) >= 11 is 0. The Morgan fingerprint density at radius 3 is 2.80 bits per heavy atom. The van der Waals surface area contributed by atoms with E-state index in [2.05, 4.69) is 10.2 Å². The van der Waals surface area contributed by atoms with Gasteiger partial charge in [-0.05, 0) is 12.1 Å². The summed E-state index contributed by atoms with van der Waals surface area (Å²) in [7, 11) is 3.64. The molecule has 0 atom stereocenters. The van der Waals surface area contributed by atoms with Crippen molar-refractivity contribution in [2.45, 2.75) is 0 Å². The summed E-state index contributed by atoms with van der Waals surface area (Å²) in [6.07, 6.45) is 1.56. The van der Waals surface area contributed by atoms with E-state index >= 15 is 0 Å². The van der Waals surface area contributed by atoms with E-state index in [-0.39, 0.29) is 11.3 Å². The van der Waals surface area contributed by atoms with E-state index in [1.807, 2.05) is 14.1 Å². The third-order valence-corrected chi connectivity index (χ3v) is 2.24. The molecule has 0 radical (unpaired) electrons. The van der Waals surface area contributed by atoms with Crippen molar-refractivity contribution in [2.24, 2.45) is 0 Å². The molecule has 2 N–H and O–H groups in total. The van der Waals surface area contributed by atoms with Gasteiger partial charge in [0, 0.05) is 19.5 Å². The predicted molar refractivity (Wildman–Crippen MR) is 58.4 cm³/mol. The molecule has 0 aliphatic rings. The van der Waals surface area contributed by atoms with Gasteiger partial charge in [0.2, 0.25) is 0 Å². The van der Waals surface area contributed by atoms with Gasteiger partial charge in [-0.3, -0.25) is 4.79 Å². The minimum absolute atomic E-state index is 0.0872. The van der Waals surface area contributed by atoms with Gasteiger partial charge in [0.1, 0.15) is 5.75 Å². The number of phenols is 1. The zero-order chi connectivity index (χ0) is 11.0. The van der Waals surface area contributed by atoms with Crippen LogP contribution in [0.15, 0.2) is 23.1 Å². The molecule has 0 saturated carbocycles. The normalized spacial score (nSPS) is 10.5. The molecule has 0 amide bonds. The second-order valence-electron chi connectivity index (χ2n) is 3.52. The van der Waals surface area contributed by atoms with E-state index in [4.69, 9.17) is 0 Å². The molecule has 15 heavy (non-hydrogen) atoms. The van der Waals surface area contributed by atoms with E-state index < -0.39 is 0 Å². The fourth-order valence-corrected chi connectivity index (χ4v) is 1.48. The topological polar surface area (TPSA) is 69.2 Å². The molecule has 0 spiro atoms. The minimum atomic E-state index is -0.298. The average molecular weight is 205 g/mol. The van der Waals surface area contributed by atoms with Crippen molar-refractivity contribution in [1.29, 1.82) is 0 Å². The highest BCUT2D eigenvalue weighted by Gasteiger charge is 2.07. The number of aromatic amines is 1. The van der Waals surface area contributed by atoms with Crippen molar-refractivity contribution in [1.82, 2.24) is 10.2 Å². The number of fused-ring (bicyclic) bond motifs is 1. The smallest absolute Gasteiger partial charge is 0.272 e. The summed E-state index contributed by atoms with van der Waals surface area (Å²) < 4.78 is 0. The second-order valence-corrected chi connectivity index (χ2v) is 3.52. The summed E-state index contributed by atoms with van der Waals surface area (Å²) in [4.78, 5) is 13.1. The highest BCUT2D eigenvalue weighted by Crippen LogP contribution is 2.28. The number of rotatable bonds is 1. The van der Waals surface area contributed by atoms with Crippen molar-refractivity contribution >= 4 is 16.5 Å². The number of H-pyrrole nitrogens is 1. The van der Waals surface area contributed by atoms with Crippen LogP contribution in [-0.2, 0) is 0 Å². The van der Waals surface area contributed by atoms with E-state index in [0.29, 0.717) is 16.5 Å². The lowest BCUT2D eigenvalue weighted by Crippen LogP contribution is -2.11. The van der Waals surface area contributed by atoms with E-state index in [0.717, 1.165) is 0 Å². The molecule has 1 aromatic heterocycles. The van der Waals surface area contributed by atoms with Gasteiger partial charge >= 0.3 is 0 Å². The predicted octanol–water partition coefficient (Wildman–Crippen LogP) is 0.695. The first-order chi connectivity index (χ1) is 7.09. The van der Waals surface area contributed by atoms with Gasteiger partial charge in [-0.25, -0.2) is 5.10 Å². The quantitative estimate of drug-likeness (QED) is 0.718. The molecule has 0 aliphatic carbocycles. The van der Waals surface area contributed by atoms with Crippen molar-refractivity contribution < 1.29 is 5.11 Å². The molecule has 0 unspecified atom stereocenters. The summed E-state index contributed by atoms with van der Waals surface area (Å²) in [6, 6.07) is 3.18. The Morgan fingerprint density at radius 1 is 1.40 bits per heavy atom. The molecule has 0 bridgehead atoms. The Morgan fingerprint density at radius 2 is 2.13 bits per heavy atom. The fraction of sp³-hybridized carbons (Fsp3) is 0.200. The Bertz CT molecular complexity index is 560. The average Bonchev–Trinajstić information content (AvgIpc) is 2.18. The molecule has 78 valence electrons. The van der Waals surface area contributed by atoms with Crippen LogP contribution in [-0.4, -0.2) is 29.4 Å². The second kappa shape index (κ2) is 3.27. The summed E-state index contributed by atoms with van der Waals surface area (Å²) in [5.74, 6) is 0.0872. The molecule has 2 rings (SSSR count). The van der Waals surface area contributed by atoms with Crippen LogP contribution in [0, 0.1) is 0 Å². The number of hydrogen-bond acceptors (Lipinski definition) is 4. The first-order valence-corrected chi connectivity index (χ1v) is 4.47. The third kappa shape index (κ3) is 1.52. The Kier molecular flexibility index (Phi) is 2.07. The number of anilines is 1. The fourth-order valence-electron chi connectivity index (χ4n) is 1.48. The maximum Gasteiger partial charge on any atom is 0.272 e. The lowest BCUT2D eigenvalue weighted by molar-refractivity contribution is 0.476. The van der Waals surface area contributed by atoms with E-state index in [9.17, 15) is 9.90 Å². The van der Waals surface area contributed by atoms with Crippen LogP contribution < -0.4 is 10.5 Å². The largest absolute Gasteiger partial charge is 0.506 e. The zero-order valence-corrected chi connectivity index (χ0v) is 8.48. The SMILES string of the molecule is CN(C)c1cc2cn[nH]c(=O)c2cc1O. The highest BCUT2D eigenvalue weighted by atomic mass is 16.3. The van der Waals surface area contributed by atoms with Crippen LogP contribution in [0.2, 0.25) is 0 Å². The first kappa shape index (κ1) is 9.51. The Hall–Kier alpha value is -2.04. The highest BCUT2D eigenvalue weighted by molar-refractivity contribution is 5.87. The number of aromatic hydroxyl groups is 1. The summed E-state index contributed by atoms with van der Waals surface area (Å²) in [5.41, 5.74) is 0.364. The molecule has 1 heterocycles. The van der Waals surface area contributed by atoms with Crippen LogP contribution in [0.1, 0.15) is 0 Å². The van der Waals surface area contributed by atoms with Crippen LogP contribution in [0.5, 0.6) is 5.75 Å². The maximum absolute atomic E-state index is 11.4. The van der Waals surface area contributed by atoms with E-state index in [1.54, 1.807) is 17.2 Å². The number of hydrogen-bond donors (Lipinski definition) is 2. The molecule has 0 fully saturated rings. The van der Waals surface area contributed by atoms with Crippen molar-refractivity contribution in [3.8, 4) is 5.75 Å². The molecule has 5 heteroatoms. The number of nitrogens with zero attached hydrogens (tertiary/aromatic N) is 2. The van der Waals surface area contributed by atoms with Gasteiger partial charge < -0.3 is 10.0 Å². The summed E-state index contributed by atoms with van der Waals surface area (Å²) in [6.45, 7) is 0. The Balaban J connectivity index is 2.82. The third-order valence-electron chi connectivity index (χ3n) is 2.24. The van der Waals surface area contributed by atoms with Crippen LogP contribution in [0.3, 0.4) is 0 Å². The van der Waals surface area contributed by atoms with Crippen molar-refractivity contribution in [3.05, 3.63) is 28.7 Å². The lowest BCUT2D eigenvalue weighted by atomic mass is 10.1. The number of phenolic OH excluding ortho intramolecular Hbond substituents is 1. The molecule has 1 aromatic carbocycles. The standard InChI is InChI=1S/C10H11N3O2/c1-13(2)8-3-6-5-11-12-10(15)7(6)4-9(8)14/h3-5,14H,1-2H3,(H,12,15). The van der Waals surface area contributed by atoms with E-state index in [1.165, 1.54) is 6.07 Å². The molecular formula is C10H11N3O2. The minimum Gasteiger partial charge on any atom is -0.506 e. The van der Waals surface area contributed by atoms with Gasteiger partial charge in [0.15, 0.2) is 0 Å². The molecule has 2 aromatic rings. The van der Waals surface area contributed by atoms with Gasteiger partial charge in [0.25, 0.3) is 5.56 Å². The van der Waals surface area contributed by atoms with Gasteiger partial charge in [0.05, 0.1) is 17.3 Å². The number of benzene rings is 1. The molecule has 5 nitrogen and oxygen atoms in total. The lowest BCUT2D eigenvalue weighted by Gasteiger charge is -2.14. The summed E-state index contributed by atoms with van der Waals surface area (Å²) in [5, 5.41) is 16.9. The van der Waals surface area contributed by atoms with Crippen molar-refractivity contribution in [2.75, 3.05) is 19.0 Å². The molecule has 0 saturated heterocycles. The molecular weight excluding hydrogens is 194 g/mol. The van der Waals surface area contributed by atoms with Crippen LogP contribution >= 0.6 is 0 Å². The zero-order valence-electron chi connectivity index (χ0n) is 8.48. The van der Waals surface area contributed by atoms with Crippen LogP contribution in [0.4, 0.5) is 5.69 Å². The number of aromatic nitrogens is 2. The number of nitrogens with one attached hydrogen (secondary N) is 1. The van der Waals surface area contributed by atoms with Gasteiger partial charge in [-0.15, -0.1) is 0 Å². The molecule has 0 aliphatic heterocycles. The maximum atomic E-state index is 11.4. The van der Waals surface area contributed by atoms with Gasteiger partial charge in [-0.2, -0.15) is 5.10 Å².